The van der Waals surface area contributed by atoms with E-state index in [0.717, 1.165) is 0 Å². The lowest BCUT2D eigenvalue weighted by Gasteiger charge is -2.45. The second kappa shape index (κ2) is 4.06. The molecule has 0 N–H and O–H groups in total. The van der Waals surface area contributed by atoms with Crippen molar-refractivity contribution >= 4 is 0 Å². The first kappa shape index (κ1) is 11.8. The Bertz CT molecular complexity index is 185. The van der Waals surface area contributed by atoms with Gasteiger partial charge in [0, 0.05) is 25.2 Å². The maximum atomic E-state index is 12.0. The zero-order valence-electron chi connectivity index (χ0n) is 8.80. The van der Waals surface area contributed by atoms with Gasteiger partial charge in [0.25, 0.3) is 0 Å². The molecule has 0 saturated carbocycles. The fraction of sp³-hybridized carbons (Fsp3) is 1.00. The Labute approximate surface area is 82.7 Å². The highest BCUT2D eigenvalue weighted by Crippen LogP contribution is 2.22. The summed E-state index contributed by atoms with van der Waals surface area (Å²) < 4.78 is 35.9. The van der Waals surface area contributed by atoms with Gasteiger partial charge in [0.15, 0.2) is 0 Å². The van der Waals surface area contributed by atoms with Gasteiger partial charge < -0.3 is 0 Å². The van der Waals surface area contributed by atoms with Crippen LogP contribution in [0.1, 0.15) is 13.8 Å². The molecule has 5 heteroatoms. The topological polar surface area (TPSA) is 6.48 Å². The first-order valence-electron chi connectivity index (χ1n) is 4.80. The number of rotatable bonds is 3. The van der Waals surface area contributed by atoms with E-state index in [0.29, 0.717) is 19.1 Å². The number of likely N-dealkylation sites (tertiary alicyclic amines) is 1. The van der Waals surface area contributed by atoms with Crippen molar-refractivity contribution in [3.63, 3.8) is 0 Å². The smallest absolute Gasteiger partial charge is 0.298 e. The highest BCUT2D eigenvalue weighted by molar-refractivity contribution is 4.88. The van der Waals surface area contributed by atoms with Gasteiger partial charge >= 0.3 is 6.18 Å². The minimum Gasteiger partial charge on any atom is -0.298 e. The van der Waals surface area contributed by atoms with Gasteiger partial charge in [-0.25, -0.2) is 0 Å². The van der Waals surface area contributed by atoms with E-state index in [-0.39, 0.29) is 6.04 Å². The number of alkyl halides is 3. The van der Waals surface area contributed by atoms with Gasteiger partial charge in [-0.1, -0.05) is 0 Å². The first-order valence-corrected chi connectivity index (χ1v) is 4.80. The minimum absolute atomic E-state index is 0.289. The lowest BCUT2D eigenvalue weighted by Crippen LogP contribution is -2.61. The molecule has 1 aliphatic rings. The van der Waals surface area contributed by atoms with Gasteiger partial charge in [-0.15, -0.1) is 0 Å². The van der Waals surface area contributed by atoms with Gasteiger partial charge in [-0.3, -0.25) is 9.80 Å². The molecular formula is C9H17F3N2. The van der Waals surface area contributed by atoms with Crippen LogP contribution in [-0.2, 0) is 0 Å². The summed E-state index contributed by atoms with van der Waals surface area (Å²) in [5.41, 5.74) is 0. The van der Waals surface area contributed by atoms with Crippen LogP contribution in [0.3, 0.4) is 0 Å². The summed E-state index contributed by atoms with van der Waals surface area (Å²) in [7, 11) is 1.96. The van der Waals surface area contributed by atoms with E-state index in [1.165, 1.54) is 4.90 Å². The van der Waals surface area contributed by atoms with E-state index in [1.807, 2.05) is 20.9 Å². The minimum atomic E-state index is -4.05. The molecule has 2 nitrogen and oxygen atoms in total. The molecule has 0 radical (unpaired) electrons. The zero-order valence-corrected chi connectivity index (χ0v) is 8.80. The molecule has 0 bridgehead atoms. The molecule has 0 unspecified atom stereocenters. The monoisotopic (exact) mass is 210 g/mol. The molecule has 1 heterocycles. The van der Waals surface area contributed by atoms with Crippen molar-refractivity contribution in [2.75, 3.05) is 26.7 Å². The van der Waals surface area contributed by atoms with Gasteiger partial charge in [0.1, 0.15) is 0 Å². The van der Waals surface area contributed by atoms with Crippen LogP contribution in [-0.4, -0.2) is 54.7 Å². The summed E-state index contributed by atoms with van der Waals surface area (Å²) >= 11 is 0. The molecule has 1 rings (SSSR count). The van der Waals surface area contributed by atoms with Gasteiger partial charge in [-0.2, -0.15) is 13.2 Å². The van der Waals surface area contributed by atoms with Crippen molar-refractivity contribution in [3.05, 3.63) is 0 Å². The van der Waals surface area contributed by atoms with E-state index < -0.39 is 12.7 Å². The molecule has 0 aromatic carbocycles. The van der Waals surface area contributed by atoms with Crippen LogP contribution in [0.4, 0.5) is 13.2 Å². The molecule has 0 aromatic heterocycles. The number of hydrogen-bond donors (Lipinski definition) is 0. The summed E-state index contributed by atoms with van der Waals surface area (Å²) in [6.07, 6.45) is -4.05. The van der Waals surface area contributed by atoms with Gasteiger partial charge in [0.2, 0.25) is 0 Å². The van der Waals surface area contributed by atoms with Crippen LogP contribution in [0.15, 0.2) is 0 Å². The molecule has 1 aliphatic heterocycles. The Morgan fingerprint density at radius 2 is 1.86 bits per heavy atom. The molecule has 0 aromatic rings. The predicted octanol–water partition coefficient (Wildman–Crippen LogP) is 1.57. The maximum Gasteiger partial charge on any atom is 0.401 e. The fourth-order valence-corrected chi connectivity index (χ4v) is 1.60. The van der Waals surface area contributed by atoms with Crippen LogP contribution >= 0.6 is 0 Å². The number of halogens is 3. The summed E-state index contributed by atoms with van der Waals surface area (Å²) in [5, 5.41) is 0. The van der Waals surface area contributed by atoms with E-state index in [2.05, 4.69) is 4.90 Å². The highest BCUT2D eigenvalue weighted by Gasteiger charge is 2.38. The Morgan fingerprint density at radius 1 is 1.36 bits per heavy atom. The normalized spacial score (nSPS) is 20.6. The summed E-state index contributed by atoms with van der Waals surface area (Å²) in [6.45, 7) is 4.40. The standard InChI is InChI=1S/C9H17F3N2/c1-7(2)13(3)8-4-14(5-8)6-9(10,11)12/h7-8H,4-6H2,1-3H3. The fourth-order valence-electron chi connectivity index (χ4n) is 1.60. The Morgan fingerprint density at radius 3 is 2.21 bits per heavy atom. The van der Waals surface area contributed by atoms with Crippen LogP contribution in [0.25, 0.3) is 0 Å². The lowest BCUT2D eigenvalue weighted by molar-refractivity contribution is -0.160. The molecule has 0 aliphatic carbocycles. The largest absolute Gasteiger partial charge is 0.401 e. The predicted molar refractivity (Wildman–Crippen MR) is 49.2 cm³/mol. The second-order valence-corrected chi connectivity index (χ2v) is 4.22. The molecule has 84 valence electrons. The van der Waals surface area contributed by atoms with Gasteiger partial charge in [-0.05, 0) is 20.9 Å². The van der Waals surface area contributed by atoms with Crippen molar-refractivity contribution in [2.24, 2.45) is 0 Å². The lowest BCUT2D eigenvalue weighted by atomic mass is 10.1. The van der Waals surface area contributed by atoms with Crippen LogP contribution < -0.4 is 0 Å². The van der Waals surface area contributed by atoms with Crippen LogP contribution in [0, 0.1) is 0 Å². The molecule has 0 spiro atoms. The zero-order chi connectivity index (χ0) is 10.9. The third kappa shape index (κ3) is 3.13. The quantitative estimate of drug-likeness (QED) is 0.697. The van der Waals surface area contributed by atoms with E-state index in [4.69, 9.17) is 0 Å². The molecule has 1 saturated heterocycles. The average Bonchev–Trinajstić information content (AvgIpc) is 1.92. The SMILES string of the molecule is CC(C)N(C)C1CN(CC(F)(F)F)C1. The third-order valence-electron chi connectivity index (χ3n) is 2.73. The summed E-state index contributed by atoms with van der Waals surface area (Å²) in [4.78, 5) is 3.55. The summed E-state index contributed by atoms with van der Waals surface area (Å²) in [6, 6.07) is 0.686. The van der Waals surface area contributed by atoms with Crippen molar-refractivity contribution in [2.45, 2.75) is 32.1 Å². The molecule has 14 heavy (non-hydrogen) atoms. The Hall–Kier alpha value is -0.290. The number of hydrogen-bond acceptors (Lipinski definition) is 2. The van der Waals surface area contributed by atoms with Gasteiger partial charge in [0.05, 0.1) is 6.54 Å². The van der Waals surface area contributed by atoms with E-state index in [9.17, 15) is 13.2 Å². The second-order valence-electron chi connectivity index (χ2n) is 4.22. The Balaban J connectivity index is 2.24. The number of nitrogens with zero attached hydrogens (tertiary/aromatic N) is 2. The van der Waals surface area contributed by atoms with Crippen molar-refractivity contribution in [3.8, 4) is 0 Å². The first-order chi connectivity index (χ1) is 6.29. The van der Waals surface area contributed by atoms with Crippen LogP contribution in [0.2, 0.25) is 0 Å². The number of likely N-dealkylation sites (N-methyl/N-ethyl adjacent to an activating group) is 1. The molecule has 0 atom stereocenters. The Kier molecular flexibility index (Phi) is 3.42. The maximum absolute atomic E-state index is 12.0. The highest BCUT2D eigenvalue weighted by atomic mass is 19.4. The molecule has 1 fully saturated rings. The van der Waals surface area contributed by atoms with E-state index >= 15 is 0 Å². The van der Waals surface area contributed by atoms with Crippen molar-refractivity contribution in [1.82, 2.24) is 9.80 Å². The summed E-state index contributed by atoms with van der Waals surface area (Å²) in [5.74, 6) is 0. The molecule has 0 amide bonds. The van der Waals surface area contributed by atoms with Crippen molar-refractivity contribution < 1.29 is 13.2 Å². The molecular weight excluding hydrogens is 193 g/mol. The average molecular weight is 210 g/mol. The van der Waals surface area contributed by atoms with Crippen LogP contribution in [0.5, 0.6) is 0 Å². The van der Waals surface area contributed by atoms with E-state index in [1.54, 1.807) is 0 Å². The van der Waals surface area contributed by atoms with Crippen molar-refractivity contribution in [1.29, 1.82) is 0 Å². The third-order valence-corrected chi connectivity index (χ3v) is 2.73.